The van der Waals surface area contributed by atoms with Crippen molar-refractivity contribution in [2.24, 2.45) is 0 Å². The lowest BCUT2D eigenvalue weighted by molar-refractivity contribution is -0.137. The van der Waals surface area contributed by atoms with Gasteiger partial charge in [0.1, 0.15) is 11.4 Å². The predicted octanol–water partition coefficient (Wildman–Crippen LogP) is 6.12. The van der Waals surface area contributed by atoms with Gasteiger partial charge < -0.3 is 20.4 Å². The van der Waals surface area contributed by atoms with Crippen LogP contribution >= 0.6 is 24.0 Å². The Bertz CT molecular complexity index is 1350. The maximum Gasteiger partial charge on any atom is 0.421 e. The SMILES string of the molecule is CCC(Cc1ccc(Nc2ncc(C(F)(F)F)c(Nc3ccc(Br)c4c3C(=O)N(C)C4)n2)cc1)[PH](=O)O. The molecule has 1 aliphatic rings. The Balaban J connectivity index is 1.62. The van der Waals surface area contributed by atoms with Crippen molar-refractivity contribution >= 4 is 53.0 Å². The third-order valence-electron chi connectivity index (χ3n) is 6.09. The van der Waals surface area contributed by atoms with Gasteiger partial charge in [-0.25, -0.2) is 4.98 Å². The zero-order valence-corrected chi connectivity index (χ0v) is 22.4. The van der Waals surface area contributed by atoms with Crippen molar-refractivity contribution in [2.75, 3.05) is 17.7 Å². The molecule has 13 heteroatoms. The van der Waals surface area contributed by atoms with Crippen LogP contribution in [0, 0.1) is 0 Å². The average molecular weight is 598 g/mol. The van der Waals surface area contributed by atoms with Crippen molar-refractivity contribution in [3.05, 3.63) is 69.3 Å². The van der Waals surface area contributed by atoms with Crippen LogP contribution in [0.3, 0.4) is 0 Å². The van der Waals surface area contributed by atoms with E-state index < -0.39 is 25.6 Å². The highest BCUT2D eigenvalue weighted by Crippen LogP contribution is 2.39. The molecule has 1 aromatic heterocycles. The molecular weight excluding hydrogens is 574 g/mol. The molecule has 37 heavy (non-hydrogen) atoms. The Hall–Kier alpha value is -2.95. The predicted molar refractivity (Wildman–Crippen MR) is 139 cm³/mol. The molecular formula is C24H24BrF3N5O3P. The zero-order chi connectivity index (χ0) is 26.9. The molecule has 4 rings (SSSR count). The second-order valence-electron chi connectivity index (χ2n) is 8.66. The maximum absolute atomic E-state index is 13.8. The number of rotatable bonds is 8. The quantitative estimate of drug-likeness (QED) is 0.268. The summed E-state index contributed by atoms with van der Waals surface area (Å²) in [5, 5.41) is 5.59. The van der Waals surface area contributed by atoms with Gasteiger partial charge in [0.05, 0.1) is 11.3 Å². The van der Waals surface area contributed by atoms with E-state index in [0.29, 0.717) is 41.3 Å². The molecule has 196 valence electrons. The summed E-state index contributed by atoms with van der Waals surface area (Å²) in [6.45, 7) is 2.18. The van der Waals surface area contributed by atoms with E-state index in [-0.39, 0.29) is 28.8 Å². The molecule has 0 bridgehead atoms. The van der Waals surface area contributed by atoms with Crippen molar-refractivity contribution in [3.63, 3.8) is 0 Å². The van der Waals surface area contributed by atoms with Crippen LogP contribution in [-0.2, 0) is 23.7 Å². The van der Waals surface area contributed by atoms with E-state index in [2.05, 4.69) is 36.5 Å². The minimum Gasteiger partial charge on any atom is -0.346 e. The second-order valence-corrected chi connectivity index (χ2v) is 11.0. The Kier molecular flexibility index (Phi) is 7.91. The fourth-order valence-corrected chi connectivity index (χ4v) is 5.26. The van der Waals surface area contributed by atoms with Gasteiger partial charge >= 0.3 is 6.18 Å². The molecule has 0 radical (unpaired) electrons. The number of anilines is 4. The monoisotopic (exact) mass is 597 g/mol. The van der Waals surface area contributed by atoms with Crippen molar-refractivity contribution in [3.8, 4) is 0 Å². The van der Waals surface area contributed by atoms with E-state index in [1.54, 1.807) is 37.4 Å². The Morgan fingerprint density at radius 2 is 1.89 bits per heavy atom. The first-order valence-corrected chi connectivity index (χ1v) is 13.6. The van der Waals surface area contributed by atoms with E-state index in [4.69, 9.17) is 0 Å². The van der Waals surface area contributed by atoms with E-state index in [9.17, 15) is 27.4 Å². The summed E-state index contributed by atoms with van der Waals surface area (Å²) in [6, 6.07) is 10.1. The first kappa shape index (κ1) is 27.1. The standard InChI is InChI=1S/C24H24BrF3N5O3P/c1-3-15(37(35)36)10-13-4-6-14(7-5-13)30-23-29-11-17(24(26,27)28)21(32-23)31-19-9-8-18(25)16-12-33(2)22(34)20(16)19/h4-9,11,15,37H,3,10,12H2,1-2H3,(H,35,36)(H2,29,30,31,32). The van der Waals surface area contributed by atoms with Gasteiger partial charge in [0.2, 0.25) is 5.95 Å². The van der Waals surface area contributed by atoms with Gasteiger partial charge in [-0.15, -0.1) is 0 Å². The third-order valence-corrected chi connectivity index (χ3v) is 8.15. The van der Waals surface area contributed by atoms with Gasteiger partial charge in [0.15, 0.2) is 8.03 Å². The number of fused-ring (bicyclic) bond motifs is 1. The summed E-state index contributed by atoms with van der Waals surface area (Å²) in [6.07, 6.45) is -3.02. The lowest BCUT2D eigenvalue weighted by atomic mass is 10.1. The van der Waals surface area contributed by atoms with Crippen LogP contribution in [-0.4, -0.2) is 38.4 Å². The number of carbonyl (C=O) groups excluding carboxylic acids is 1. The second kappa shape index (κ2) is 10.8. The number of benzene rings is 2. The lowest BCUT2D eigenvalue weighted by Gasteiger charge is -2.17. The summed E-state index contributed by atoms with van der Waals surface area (Å²) < 4.78 is 53.4. The van der Waals surface area contributed by atoms with Gasteiger partial charge in [-0.2, -0.15) is 18.2 Å². The Morgan fingerprint density at radius 1 is 1.19 bits per heavy atom. The Labute approximate surface area is 220 Å². The molecule has 0 saturated carbocycles. The maximum atomic E-state index is 13.8. The molecule has 1 amide bonds. The van der Waals surface area contributed by atoms with Gasteiger partial charge in [0, 0.05) is 41.2 Å². The van der Waals surface area contributed by atoms with Crippen molar-refractivity contribution in [1.29, 1.82) is 0 Å². The van der Waals surface area contributed by atoms with Gasteiger partial charge in [-0.3, -0.25) is 9.36 Å². The first-order valence-electron chi connectivity index (χ1n) is 11.3. The first-order chi connectivity index (χ1) is 17.5. The molecule has 2 heterocycles. The van der Waals surface area contributed by atoms with Gasteiger partial charge in [-0.1, -0.05) is 35.0 Å². The fraction of sp³-hybridized carbons (Fsp3) is 0.292. The third kappa shape index (κ3) is 5.97. The van der Waals surface area contributed by atoms with Crippen LogP contribution in [0.15, 0.2) is 47.1 Å². The van der Waals surface area contributed by atoms with E-state index in [1.807, 2.05) is 6.92 Å². The average Bonchev–Trinajstić information content (AvgIpc) is 3.15. The Morgan fingerprint density at radius 3 is 2.51 bits per heavy atom. The van der Waals surface area contributed by atoms with E-state index >= 15 is 0 Å². The van der Waals surface area contributed by atoms with Crippen LogP contribution in [0.1, 0.15) is 40.4 Å². The number of aromatic nitrogens is 2. The number of alkyl halides is 3. The minimum atomic E-state index is -4.73. The van der Waals surface area contributed by atoms with Crippen LogP contribution in [0.4, 0.5) is 36.3 Å². The molecule has 2 unspecified atom stereocenters. The van der Waals surface area contributed by atoms with Gasteiger partial charge in [-0.05, 0) is 42.7 Å². The number of amides is 1. The highest BCUT2D eigenvalue weighted by atomic mass is 79.9. The van der Waals surface area contributed by atoms with Crippen molar-refractivity contribution in [1.82, 2.24) is 14.9 Å². The summed E-state index contributed by atoms with van der Waals surface area (Å²) in [4.78, 5) is 31.5. The number of hydrogen-bond donors (Lipinski definition) is 3. The van der Waals surface area contributed by atoms with Crippen LogP contribution in [0.5, 0.6) is 0 Å². The molecule has 0 fully saturated rings. The molecule has 0 saturated heterocycles. The molecule has 3 N–H and O–H groups in total. The van der Waals surface area contributed by atoms with Crippen molar-refractivity contribution in [2.45, 2.75) is 38.1 Å². The summed E-state index contributed by atoms with van der Waals surface area (Å²) in [5.41, 5.74) is 1.16. The molecule has 0 spiro atoms. The fourth-order valence-electron chi connectivity index (χ4n) is 4.04. The van der Waals surface area contributed by atoms with Crippen LogP contribution < -0.4 is 10.6 Å². The normalized spacial score (nSPS) is 14.9. The number of carbonyl (C=O) groups is 1. The lowest BCUT2D eigenvalue weighted by Crippen LogP contribution is -2.18. The van der Waals surface area contributed by atoms with E-state index in [1.165, 1.54) is 11.0 Å². The molecule has 2 atom stereocenters. The highest BCUT2D eigenvalue weighted by molar-refractivity contribution is 9.10. The zero-order valence-electron chi connectivity index (χ0n) is 19.9. The highest BCUT2D eigenvalue weighted by Gasteiger charge is 2.36. The molecule has 2 aromatic carbocycles. The van der Waals surface area contributed by atoms with Crippen molar-refractivity contribution < 1.29 is 27.4 Å². The molecule has 0 aliphatic carbocycles. The topological polar surface area (TPSA) is 107 Å². The molecule has 8 nitrogen and oxygen atoms in total. The number of nitrogens with zero attached hydrogens (tertiary/aromatic N) is 3. The van der Waals surface area contributed by atoms with E-state index in [0.717, 1.165) is 5.56 Å². The minimum absolute atomic E-state index is 0.0766. The van der Waals surface area contributed by atoms with Crippen LogP contribution in [0.2, 0.25) is 0 Å². The largest absolute Gasteiger partial charge is 0.421 e. The smallest absolute Gasteiger partial charge is 0.346 e. The number of halogens is 4. The number of hydrogen-bond acceptors (Lipinski definition) is 6. The number of nitrogens with one attached hydrogen (secondary N) is 2. The summed E-state index contributed by atoms with van der Waals surface area (Å²) in [7, 11) is -1.03. The summed E-state index contributed by atoms with van der Waals surface area (Å²) >= 11 is 3.40. The van der Waals surface area contributed by atoms with Gasteiger partial charge in [0.25, 0.3) is 5.91 Å². The summed E-state index contributed by atoms with van der Waals surface area (Å²) in [5.74, 6) is -0.878. The molecule has 1 aliphatic heterocycles. The molecule has 3 aromatic rings. The van der Waals surface area contributed by atoms with Crippen LogP contribution in [0.25, 0.3) is 0 Å².